The summed E-state index contributed by atoms with van der Waals surface area (Å²) in [4.78, 5) is 12.1. The van der Waals surface area contributed by atoms with Gasteiger partial charge in [0, 0.05) is 6.07 Å². The fraction of sp³-hybridized carbons (Fsp3) is 0.412. The van der Waals surface area contributed by atoms with E-state index in [4.69, 9.17) is 4.74 Å². The molecular formula is C17H23N3O2. The Kier molecular flexibility index (Phi) is 5.20. The van der Waals surface area contributed by atoms with Crippen molar-refractivity contribution in [1.82, 2.24) is 9.78 Å². The highest BCUT2D eigenvalue weighted by molar-refractivity contribution is 5.91. The maximum absolute atomic E-state index is 12.1. The van der Waals surface area contributed by atoms with Gasteiger partial charge in [-0.25, -0.2) is 4.68 Å². The number of rotatable bonds is 6. The number of aromatic nitrogens is 2. The smallest absolute Gasteiger partial charge is 0.263 e. The average molecular weight is 301 g/mol. The van der Waals surface area contributed by atoms with Gasteiger partial charge in [0.25, 0.3) is 5.91 Å². The average Bonchev–Trinajstić information content (AvgIpc) is 2.95. The number of hydrogen-bond donors (Lipinski definition) is 1. The Morgan fingerprint density at radius 1 is 1.36 bits per heavy atom. The summed E-state index contributed by atoms with van der Waals surface area (Å²) in [6.07, 6.45) is 2.64. The fourth-order valence-electron chi connectivity index (χ4n) is 2.12. The molecule has 1 aromatic carbocycles. The van der Waals surface area contributed by atoms with E-state index < -0.39 is 0 Å². The first-order valence-corrected chi connectivity index (χ1v) is 7.54. The van der Waals surface area contributed by atoms with Crippen molar-refractivity contribution in [2.75, 3.05) is 11.9 Å². The molecule has 22 heavy (non-hydrogen) atoms. The molecule has 1 aromatic heterocycles. The summed E-state index contributed by atoms with van der Waals surface area (Å²) in [6.45, 7) is 8.09. The van der Waals surface area contributed by atoms with Crippen molar-refractivity contribution >= 4 is 11.7 Å². The molecule has 1 heterocycles. The van der Waals surface area contributed by atoms with Crippen LogP contribution in [0.1, 0.15) is 37.4 Å². The van der Waals surface area contributed by atoms with E-state index in [0.717, 1.165) is 23.3 Å². The molecule has 0 fully saturated rings. The van der Waals surface area contributed by atoms with Gasteiger partial charge in [0.15, 0.2) is 6.61 Å². The summed E-state index contributed by atoms with van der Waals surface area (Å²) in [6, 6.07) is 7.98. The number of nitrogens with zero attached hydrogens (tertiary/aromatic N) is 2. The lowest BCUT2D eigenvalue weighted by Crippen LogP contribution is -2.23. The largest absolute Gasteiger partial charge is 0.483 e. The SMILES string of the molecule is CCC(C)n1nccc1NC(=O)COc1cc(C)ccc1C. The van der Waals surface area contributed by atoms with Gasteiger partial charge in [-0.3, -0.25) is 4.79 Å². The van der Waals surface area contributed by atoms with Crippen LogP contribution in [0.15, 0.2) is 30.5 Å². The van der Waals surface area contributed by atoms with E-state index in [1.54, 1.807) is 12.3 Å². The van der Waals surface area contributed by atoms with E-state index in [-0.39, 0.29) is 18.6 Å². The molecule has 0 aliphatic rings. The molecule has 0 aliphatic carbocycles. The number of nitrogens with one attached hydrogen (secondary N) is 1. The first-order chi connectivity index (χ1) is 10.5. The number of amides is 1. The van der Waals surface area contributed by atoms with Gasteiger partial charge in [0.05, 0.1) is 12.2 Å². The van der Waals surface area contributed by atoms with Gasteiger partial charge in [0.1, 0.15) is 11.6 Å². The second kappa shape index (κ2) is 7.11. The molecule has 1 unspecified atom stereocenters. The van der Waals surface area contributed by atoms with Crippen LogP contribution in [-0.4, -0.2) is 22.3 Å². The van der Waals surface area contributed by atoms with Gasteiger partial charge in [-0.2, -0.15) is 5.10 Å². The topological polar surface area (TPSA) is 56.2 Å². The van der Waals surface area contributed by atoms with Crippen LogP contribution in [0.25, 0.3) is 0 Å². The first-order valence-electron chi connectivity index (χ1n) is 7.54. The maximum atomic E-state index is 12.1. The number of anilines is 1. The zero-order valence-corrected chi connectivity index (χ0v) is 13.6. The lowest BCUT2D eigenvalue weighted by molar-refractivity contribution is -0.118. The highest BCUT2D eigenvalue weighted by Gasteiger charge is 2.12. The molecule has 0 saturated carbocycles. The monoisotopic (exact) mass is 301 g/mol. The molecular weight excluding hydrogens is 278 g/mol. The number of carbonyl (C=O) groups is 1. The first kappa shape index (κ1) is 16.1. The highest BCUT2D eigenvalue weighted by Crippen LogP contribution is 2.19. The van der Waals surface area contributed by atoms with E-state index >= 15 is 0 Å². The van der Waals surface area contributed by atoms with Crippen LogP contribution in [0.3, 0.4) is 0 Å². The Morgan fingerprint density at radius 3 is 2.86 bits per heavy atom. The van der Waals surface area contributed by atoms with E-state index in [9.17, 15) is 4.79 Å². The Bertz CT molecular complexity index is 649. The van der Waals surface area contributed by atoms with Crippen molar-refractivity contribution in [3.63, 3.8) is 0 Å². The number of carbonyl (C=O) groups excluding carboxylic acids is 1. The molecule has 0 aliphatic heterocycles. The van der Waals surface area contributed by atoms with Gasteiger partial charge >= 0.3 is 0 Å². The van der Waals surface area contributed by atoms with Crippen LogP contribution in [0.5, 0.6) is 5.75 Å². The van der Waals surface area contributed by atoms with Crippen molar-refractivity contribution in [2.45, 2.75) is 40.2 Å². The molecule has 1 N–H and O–H groups in total. The zero-order chi connectivity index (χ0) is 16.1. The third kappa shape index (κ3) is 3.87. The second-order valence-corrected chi connectivity index (χ2v) is 5.52. The zero-order valence-electron chi connectivity index (χ0n) is 13.6. The third-order valence-electron chi connectivity index (χ3n) is 3.65. The predicted octanol–water partition coefficient (Wildman–Crippen LogP) is 3.49. The second-order valence-electron chi connectivity index (χ2n) is 5.52. The van der Waals surface area contributed by atoms with Crippen molar-refractivity contribution < 1.29 is 9.53 Å². The standard InChI is InChI=1S/C17H23N3O2/c1-5-14(4)20-16(8-9-18-20)19-17(21)11-22-15-10-12(2)6-7-13(15)3/h6-10,14H,5,11H2,1-4H3,(H,19,21). The van der Waals surface area contributed by atoms with Gasteiger partial charge in [-0.1, -0.05) is 19.1 Å². The molecule has 2 rings (SSSR count). The lowest BCUT2D eigenvalue weighted by atomic mass is 10.1. The molecule has 1 atom stereocenters. The Morgan fingerprint density at radius 2 is 2.14 bits per heavy atom. The van der Waals surface area contributed by atoms with Crippen LogP contribution in [-0.2, 0) is 4.79 Å². The minimum Gasteiger partial charge on any atom is -0.483 e. The Balaban J connectivity index is 1.96. The summed E-state index contributed by atoms with van der Waals surface area (Å²) < 4.78 is 7.43. The molecule has 118 valence electrons. The predicted molar refractivity (Wildman–Crippen MR) is 87.3 cm³/mol. The van der Waals surface area contributed by atoms with E-state index in [1.807, 2.05) is 36.7 Å². The van der Waals surface area contributed by atoms with Gasteiger partial charge in [-0.05, 0) is 44.4 Å². The number of aryl methyl sites for hydroxylation is 2. The fourth-order valence-corrected chi connectivity index (χ4v) is 2.12. The molecule has 5 nitrogen and oxygen atoms in total. The summed E-state index contributed by atoms with van der Waals surface area (Å²) in [5.74, 6) is 1.25. The third-order valence-corrected chi connectivity index (χ3v) is 3.65. The van der Waals surface area contributed by atoms with E-state index in [1.165, 1.54) is 0 Å². The summed E-state index contributed by atoms with van der Waals surface area (Å²) in [5, 5.41) is 7.09. The number of hydrogen-bond acceptors (Lipinski definition) is 3. The molecule has 0 bridgehead atoms. The van der Waals surface area contributed by atoms with Crippen LogP contribution >= 0.6 is 0 Å². The van der Waals surface area contributed by atoms with Crippen molar-refractivity contribution in [3.05, 3.63) is 41.6 Å². The molecule has 0 radical (unpaired) electrons. The number of ether oxygens (including phenoxy) is 1. The van der Waals surface area contributed by atoms with Crippen molar-refractivity contribution in [3.8, 4) is 5.75 Å². The molecule has 2 aromatic rings. The van der Waals surface area contributed by atoms with Gasteiger partial charge in [-0.15, -0.1) is 0 Å². The number of benzene rings is 1. The van der Waals surface area contributed by atoms with E-state index in [0.29, 0.717) is 5.82 Å². The van der Waals surface area contributed by atoms with Crippen LogP contribution in [0, 0.1) is 13.8 Å². The minimum atomic E-state index is -0.189. The van der Waals surface area contributed by atoms with E-state index in [2.05, 4.69) is 24.3 Å². The Hall–Kier alpha value is -2.30. The lowest BCUT2D eigenvalue weighted by Gasteiger charge is -2.14. The normalized spacial score (nSPS) is 12.0. The summed E-state index contributed by atoms with van der Waals surface area (Å²) in [7, 11) is 0. The molecule has 0 spiro atoms. The van der Waals surface area contributed by atoms with Crippen molar-refractivity contribution in [1.29, 1.82) is 0 Å². The van der Waals surface area contributed by atoms with Crippen LogP contribution in [0.4, 0.5) is 5.82 Å². The van der Waals surface area contributed by atoms with Gasteiger partial charge < -0.3 is 10.1 Å². The maximum Gasteiger partial charge on any atom is 0.263 e. The quantitative estimate of drug-likeness (QED) is 0.888. The minimum absolute atomic E-state index is 0.0179. The summed E-state index contributed by atoms with van der Waals surface area (Å²) >= 11 is 0. The molecule has 5 heteroatoms. The van der Waals surface area contributed by atoms with Gasteiger partial charge in [0.2, 0.25) is 0 Å². The van der Waals surface area contributed by atoms with Crippen molar-refractivity contribution in [2.24, 2.45) is 0 Å². The Labute approximate surface area is 131 Å². The van der Waals surface area contributed by atoms with Crippen LogP contribution < -0.4 is 10.1 Å². The molecule has 0 saturated heterocycles. The summed E-state index contributed by atoms with van der Waals surface area (Å²) in [5.41, 5.74) is 2.12. The highest BCUT2D eigenvalue weighted by atomic mass is 16.5. The molecule has 1 amide bonds. The van der Waals surface area contributed by atoms with Crippen LogP contribution in [0.2, 0.25) is 0 Å².